The van der Waals surface area contributed by atoms with Crippen LogP contribution in [0.2, 0.25) is 0 Å². The van der Waals surface area contributed by atoms with Gasteiger partial charge in [-0.2, -0.15) is 4.39 Å². The molecule has 0 fully saturated rings. The number of nitrogens with one attached hydrogen (secondary N) is 1. The van der Waals surface area contributed by atoms with Gasteiger partial charge in [0.2, 0.25) is 5.82 Å². The van der Waals surface area contributed by atoms with Gasteiger partial charge >= 0.3 is 0 Å². The molecule has 0 aliphatic rings. The molecule has 0 amide bonds. The Morgan fingerprint density at radius 3 is 2.80 bits per heavy atom. The maximum absolute atomic E-state index is 13.8. The third kappa shape index (κ3) is 2.87. The number of rotatable bonds is 6. The Morgan fingerprint density at radius 1 is 1.40 bits per heavy atom. The summed E-state index contributed by atoms with van der Waals surface area (Å²) in [6, 6.07) is 1.11. The van der Waals surface area contributed by atoms with E-state index in [9.17, 15) is 8.78 Å². The topological polar surface area (TPSA) is 34.4 Å². The SMILES string of the molecule is CCCNCc1oc2c(F)c(F)cc(Br)c2c1COC. The number of hydrogen-bond donors (Lipinski definition) is 1. The molecule has 1 aromatic carbocycles. The van der Waals surface area contributed by atoms with E-state index in [0.29, 0.717) is 22.2 Å². The predicted molar refractivity (Wildman–Crippen MR) is 76.5 cm³/mol. The van der Waals surface area contributed by atoms with Crippen LogP contribution < -0.4 is 5.32 Å². The molecule has 1 aromatic heterocycles. The lowest BCUT2D eigenvalue weighted by Crippen LogP contribution is -2.14. The van der Waals surface area contributed by atoms with E-state index in [-0.39, 0.29) is 12.2 Å². The monoisotopic (exact) mass is 347 g/mol. The predicted octanol–water partition coefficient (Wildman–Crippen LogP) is 4.12. The Morgan fingerprint density at radius 2 is 2.15 bits per heavy atom. The minimum atomic E-state index is -0.970. The van der Waals surface area contributed by atoms with Crippen molar-refractivity contribution >= 4 is 26.9 Å². The molecule has 0 saturated carbocycles. The average Bonchev–Trinajstić information content (AvgIpc) is 2.77. The second kappa shape index (κ2) is 6.65. The molecule has 0 aliphatic carbocycles. The van der Waals surface area contributed by atoms with Crippen LogP contribution in [0.4, 0.5) is 8.78 Å². The Hall–Kier alpha value is -0.980. The van der Waals surface area contributed by atoms with Crippen LogP contribution in [0.15, 0.2) is 15.0 Å². The second-order valence-corrected chi connectivity index (χ2v) is 5.33. The van der Waals surface area contributed by atoms with Gasteiger partial charge < -0.3 is 14.5 Å². The van der Waals surface area contributed by atoms with Gasteiger partial charge in [0.25, 0.3) is 0 Å². The van der Waals surface area contributed by atoms with Crippen LogP contribution in [0.3, 0.4) is 0 Å². The molecule has 2 rings (SSSR count). The van der Waals surface area contributed by atoms with E-state index in [2.05, 4.69) is 21.2 Å². The summed E-state index contributed by atoms with van der Waals surface area (Å²) >= 11 is 3.26. The van der Waals surface area contributed by atoms with Crippen molar-refractivity contribution in [2.75, 3.05) is 13.7 Å². The molecule has 0 spiro atoms. The average molecular weight is 348 g/mol. The molecule has 1 N–H and O–H groups in total. The lowest BCUT2D eigenvalue weighted by Gasteiger charge is -2.04. The molecule has 110 valence electrons. The van der Waals surface area contributed by atoms with Gasteiger partial charge in [0.1, 0.15) is 5.76 Å². The van der Waals surface area contributed by atoms with Crippen LogP contribution in [0.1, 0.15) is 24.7 Å². The number of fused-ring (bicyclic) bond motifs is 1. The highest BCUT2D eigenvalue weighted by Gasteiger charge is 2.22. The summed E-state index contributed by atoms with van der Waals surface area (Å²) in [5.41, 5.74) is 0.661. The molecule has 0 atom stereocenters. The summed E-state index contributed by atoms with van der Waals surface area (Å²) in [7, 11) is 1.55. The quantitative estimate of drug-likeness (QED) is 0.630. The van der Waals surface area contributed by atoms with E-state index in [0.717, 1.165) is 24.6 Å². The van der Waals surface area contributed by atoms with Crippen molar-refractivity contribution in [3.05, 3.63) is 33.5 Å². The van der Waals surface area contributed by atoms with Crippen molar-refractivity contribution in [1.29, 1.82) is 0 Å². The molecule has 6 heteroatoms. The van der Waals surface area contributed by atoms with Crippen LogP contribution in [0.25, 0.3) is 11.0 Å². The third-order valence-electron chi connectivity index (χ3n) is 2.99. The van der Waals surface area contributed by atoms with E-state index < -0.39 is 11.6 Å². The van der Waals surface area contributed by atoms with E-state index in [1.165, 1.54) is 0 Å². The maximum atomic E-state index is 13.8. The van der Waals surface area contributed by atoms with E-state index >= 15 is 0 Å². The van der Waals surface area contributed by atoms with Crippen LogP contribution in [-0.4, -0.2) is 13.7 Å². The van der Waals surface area contributed by atoms with Gasteiger partial charge in [-0.05, 0) is 35.0 Å². The summed E-state index contributed by atoms with van der Waals surface area (Å²) < 4.78 is 38.4. The molecule has 0 saturated heterocycles. The van der Waals surface area contributed by atoms with Gasteiger partial charge in [-0.1, -0.05) is 6.92 Å². The number of halogens is 3. The summed E-state index contributed by atoms with van der Waals surface area (Å²) in [4.78, 5) is 0. The van der Waals surface area contributed by atoms with Crippen molar-refractivity contribution in [1.82, 2.24) is 5.32 Å². The molecule has 2 aromatic rings. The Bertz CT molecular complexity index is 613. The van der Waals surface area contributed by atoms with Crippen molar-refractivity contribution in [3.8, 4) is 0 Å². The second-order valence-electron chi connectivity index (χ2n) is 4.47. The lowest BCUT2D eigenvalue weighted by molar-refractivity contribution is 0.183. The highest BCUT2D eigenvalue weighted by molar-refractivity contribution is 9.10. The van der Waals surface area contributed by atoms with Gasteiger partial charge in [0, 0.05) is 22.5 Å². The Kier molecular flexibility index (Phi) is 5.12. The third-order valence-corrected chi connectivity index (χ3v) is 3.62. The zero-order valence-electron chi connectivity index (χ0n) is 11.4. The number of furan rings is 1. The molecule has 0 aliphatic heterocycles. The molecule has 0 unspecified atom stereocenters. The molecule has 1 heterocycles. The minimum Gasteiger partial charge on any atom is -0.456 e. The molecular formula is C14H16BrF2NO2. The number of hydrogen-bond acceptors (Lipinski definition) is 3. The van der Waals surface area contributed by atoms with Crippen LogP contribution in [0.5, 0.6) is 0 Å². The maximum Gasteiger partial charge on any atom is 0.201 e. The first-order valence-electron chi connectivity index (χ1n) is 6.37. The lowest BCUT2D eigenvalue weighted by atomic mass is 10.1. The summed E-state index contributed by atoms with van der Waals surface area (Å²) in [6.07, 6.45) is 0.979. The largest absolute Gasteiger partial charge is 0.456 e. The van der Waals surface area contributed by atoms with Gasteiger partial charge in [-0.3, -0.25) is 0 Å². The molecule has 0 radical (unpaired) electrons. The highest BCUT2D eigenvalue weighted by Crippen LogP contribution is 2.35. The zero-order chi connectivity index (χ0) is 14.7. The van der Waals surface area contributed by atoms with Crippen LogP contribution >= 0.6 is 15.9 Å². The number of methoxy groups -OCH3 is 1. The smallest absolute Gasteiger partial charge is 0.201 e. The summed E-state index contributed by atoms with van der Waals surface area (Å²) in [5.74, 6) is -1.34. The van der Waals surface area contributed by atoms with Crippen molar-refractivity contribution in [2.45, 2.75) is 26.5 Å². The molecular weight excluding hydrogens is 332 g/mol. The van der Waals surface area contributed by atoms with Crippen molar-refractivity contribution < 1.29 is 17.9 Å². The van der Waals surface area contributed by atoms with E-state index in [4.69, 9.17) is 9.15 Å². The van der Waals surface area contributed by atoms with Gasteiger partial charge in [0.15, 0.2) is 11.4 Å². The fourth-order valence-corrected chi connectivity index (χ4v) is 2.71. The summed E-state index contributed by atoms with van der Waals surface area (Å²) in [5, 5.41) is 3.71. The fourth-order valence-electron chi connectivity index (χ4n) is 2.09. The minimum absolute atomic E-state index is 0.0720. The summed E-state index contributed by atoms with van der Waals surface area (Å²) in [6.45, 7) is 3.60. The van der Waals surface area contributed by atoms with Gasteiger partial charge in [-0.25, -0.2) is 4.39 Å². The number of ether oxygens (including phenoxy) is 1. The van der Waals surface area contributed by atoms with E-state index in [1.54, 1.807) is 7.11 Å². The van der Waals surface area contributed by atoms with Crippen molar-refractivity contribution in [2.24, 2.45) is 0 Å². The Balaban J connectivity index is 2.54. The van der Waals surface area contributed by atoms with Gasteiger partial charge in [0.05, 0.1) is 13.2 Å². The normalized spacial score (nSPS) is 11.4. The standard InChI is InChI=1S/C14H16BrF2NO2/c1-3-4-18-6-11-8(7-19-2)12-9(15)5-10(16)13(17)14(12)20-11/h5,18H,3-4,6-7H2,1-2H3. The highest BCUT2D eigenvalue weighted by atomic mass is 79.9. The van der Waals surface area contributed by atoms with Crippen LogP contribution in [-0.2, 0) is 17.9 Å². The zero-order valence-corrected chi connectivity index (χ0v) is 12.9. The Labute approximate surface area is 124 Å². The van der Waals surface area contributed by atoms with Crippen molar-refractivity contribution in [3.63, 3.8) is 0 Å². The molecule has 3 nitrogen and oxygen atoms in total. The first-order valence-corrected chi connectivity index (χ1v) is 7.16. The fraction of sp³-hybridized carbons (Fsp3) is 0.429. The first kappa shape index (κ1) is 15.4. The molecule has 0 bridgehead atoms. The first-order chi connectivity index (χ1) is 9.60. The van der Waals surface area contributed by atoms with E-state index in [1.807, 2.05) is 6.92 Å². The molecule has 20 heavy (non-hydrogen) atoms. The van der Waals surface area contributed by atoms with Crippen LogP contribution in [0, 0.1) is 11.6 Å². The van der Waals surface area contributed by atoms with Gasteiger partial charge in [-0.15, -0.1) is 0 Å². The number of benzene rings is 1.